The predicted octanol–water partition coefficient (Wildman–Crippen LogP) is -1.93. The molecule has 114 valence electrons. The number of aryl methyl sites for hydroxylation is 2. The molecular weight excluding hydrogens is 328 g/mol. The van der Waals surface area contributed by atoms with Crippen LogP contribution in [0.1, 0.15) is 21.7 Å². The number of carboxylic acids is 1. The zero-order valence-electron chi connectivity index (χ0n) is 13.0. The molecule has 0 amide bonds. The van der Waals surface area contributed by atoms with Crippen molar-refractivity contribution in [3.8, 4) is 5.75 Å². The quantitative estimate of drug-likeness (QED) is 0.518. The first-order valence-corrected chi connectivity index (χ1v) is 6.59. The summed E-state index contributed by atoms with van der Waals surface area (Å²) in [7, 11) is 1.62. The first-order chi connectivity index (χ1) is 10.5. The molecule has 0 fully saturated rings. The summed E-state index contributed by atoms with van der Waals surface area (Å²) < 4.78 is 21.9. The molecule has 3 aromatic rings. The number of fused-ring (bicyclic) bond motifs is 1. The van der Waals surface area contributed by atoms with Crippen LogP contribution in [0.5, 0.6) is 5.75 Å². The molecule has 0 spiro atoms. The van der Waals surface area contributed by atoms with Crippen molar-refractivity contribution in [1.82, 2.24) is 14.2 Å². The zero-order valence-corrected chi connectivity index (χ0v) is 16.2. The molecule has 0 saturated heterocycles. The molecule has 3 rings (SSSR count). The minimum Gasteiger partial charge on any atom is -0.543 e. The van der Waals surface area contributed by atoms with E-state index in [0.717, 1.165) is 11.7 Å². The van der Waals surface area contributed by atoms with E-state index in [1.54, 1.807) is 38.4 Å². The van der Waals surface area contributed by atoms with E-state index in [-0.39, 0.29) is 63.7 Å². The molecule has 3 heterocycles. The molecule has 23 heavy (non-hydrogen) atoms. The first kappa shape index (κ1) is 18.1. The van der Waals surface area contributed by atoms with Gasteiger partial charge in [0.05, 0.1) is 24.1 Å². The number of rotatable bonds is 4. The maximum Gasteiger partial charge on any atom is 1.00 e. The average molecular weight is 341 g/mol. The fourth-order valence-corrected chi connectivity index (χ4v) is 2.38. The van der Waals surface area contributed by atoms with Gasteiger partial charge in [0.2, 0.25) is 0 Å². The summed E-state index contributed by atoms with van der Waals surface area (Å²) >= 11 is 0. The molecule has 0 aliphatic heterocycles. The van der Waals surface area contributed by atoms with Gasteiger partial charge in [-0.05, 0) is 30.7 Å². The number of carbonyl (C=O) groups excluding carboxylic acids is 1. The Morgan fingerprint density at radius 2 is 2.17 bits per heavy atom. The van der Waals surface area contributed by atoms with Crippen LogP contribution in [-0.4, -0.2) is 20.2 Å². The molecular formula is C15H13FKN3O3. The van der Waals surface area contributed by atoms with E-state index < -0.39 is 11.8 Å². The van der Waals surface area contributed by atoms with Gasteiger partial charge in [-0.15, -0.1) is 0 Å². The molecule has 8 heteroatoms. The van der Waals surface area contributed by atoms with Crippen LogP contribution in [0.2, 0.25) is 0 Å². The second-order valence-electron chi connectivity index (χ2n) is 4.97. The summed E-state index contributed by atoms with van der Waals surface area (Å²) in [6.45, 7) is 1.69. The van der Waals surface area contributed by atoms with Crippen LogP contribution in [0.3, 0.4) is 0 Å². The van der Waals surface area contributed by atoms with Crippen LogP contribution in [0.15, 0.2) is 30.6 Å². The van der Waals surface area contributed by atoms with Gasteiger partial charge in [0.1, 0.15) is 18.1 Å². The number of halogens is 1. The van der Waals surface area contributed by atoms with Gasteiger partial charge in [-0.2, -0.15) is 5.10 Å². The molecule has 0 radical (unpaired) electrons. The van der Waals surface area contributed by atoms with Crippen molar-refractivity contribution in [3.05, 3.63) is 53.4 Å². The van der Waals surface area contributed by atoms with Crippen molar-refractivity contribution in [2.75, 3.05) is 0 Å². The van der Waals surface area contributed by atoms with Crippen molar-refractivity contribution in [1.29, 1.82) is 0 Å². The van der Waals surface area contributed by atoms with E-state index in [0.29, 0.717) is 17.0 Å². The van der Waals surface area contributed by atoms with E-state index in [1.165, 1.54) is 9.08 Å². The van der Waals surface area contributed by atoms with Gasteiger partial charge in [-0.1, -0.05) is 0 Å². The third-order valence-corrected chi connectivity index (χ3v) is 3.51. The monoisotopic (exact) mass is 341 g/mol. The Bertz CT molecular complexity index is 853. The first-order valence-electron chi connectivity index (χ1n) is 6.59. The van der Waals surface area contributed by atoms with Gasteiger partial charge < -0.3 is 19.0 Å². The molecule has 0 bridgehead atoms. The maximum absolute atomic E-state index is 13.5. The summed E-state index contributed by atoms with van der Waals surface area (Å²) in [6.07, 6.45) is 2.66. The van der Waals surface area contributed by atoms with Crippen LogP contribution in [0.4, 0.5) is 4.39 Å². The van der Waals surface area contributed by atoms with E-state index in [9.17, 15) is 14.3 Å². The summed E-state index contributed by atoms with van der Waals surface area (Å²) in [5.74, 6) is -1.28. The standard InChI is InChI=1S/C15H14FN3O3.K/c1-9-5-10-3-4-11(7-19(10)14(9)15(20)21)22-8-13-12(16)6-17-18(13)2;/h3-7H,8H2,1-2H3,(H,20,21);/q;+1/p-1. The van der Waals surface area contributed by atoms with Crippen LogP contribution < -0.4 is 61.2 Å². The largest absolute Gasteiger partial charge is 1.00 e. The van der Waals surface area contributed by atoms with E-state index in [4.69, 9.17) is 4.74 Å². The van der Waals surface area contributed by atoms with E-state index in [1.807, 2.05) is 0 Å². The molecule has 0 aliphatic rings. The van der Waals surface area contributed by atoms with Crippen molar-refractivity contribution >= 4 is 11.5 Å². The van der Waals surface area contributed by atoms with Crippen molar-refractivity contribution in [2.24, 2.45) is 7.05 Å². The Hall–Kier alpha value is -1.19. The molecule has 0 aromatic carbocycles. The second-order valence-corrected chi connectivity index (χ2v) is 4.97. The molecule has 0 aliphatic carbocycles. The minimum absolute atomic E-state index is 0. The van der Waals surface area contributed by atoms with E-state index in [2.05, 4.69) is 5.10 Å². The fourth-order valence-electron chi connectivity index (χ4n) is 2.38. The Labute approximate surface area is 174 Å². The van der Waals surface area contributed by atoms with Crippen LogP contribution in [0.25, 0.3) is 5.52 Å². The van der Waals surface area contributed by atoms with Gasteiger partial charge in [-0.25, -0.2) is 4.39 Å². The Balaban J connectivity index is 0.00000192. The second kappa shape index (κ2) is 7.14. The summed E-state index contributed by atoms with van der Waals surface area (Å²) in [5, 5.41) is 15.0. The maximum atomic E-state index is 13.5. The van der Waals surface area contributed by atoms with Gasteiger partial charge in [0.25, 0.3) is 0 Å². The number of hydrogen-bond donors (Lipinski definition) is 0. The third-order valence-electron chi connectivity index (χ3n) is 3.51. The topological polar surface area (TPSA) is 71.6 Å². The van der Waals surface area contributed by atoms with Gasteiger partial charge in [-0.3, -0.25) is 4.68 Å². The van der Waals surface area contributed by atoms with Crippen LogP contribution in [-0.2, 0) is 13.7 Å². The minimum atomic E-state index is -1.26. The van der Waals surface area contributed by atoms with Crippen molar-refractivity contribution in [3.63, 3.8) is 0 Å². The molecule has 0 saturated carbocycles. The summed E-state index contributed by atoms with van der Waals surface area (Å²) in [6, 6.07) is 5.17. The Kier molecular flexibility index (Phi) is 5.64. The normalized spacial score (nSPS) is 10.6. The Morgan fingerprint density at radius 1 is 1.43 bits per heavy atom. The average Bonchev–Trinajstić information content (AvgIpc) is 2.95. The number of carboxylic acid groups (broad SMARTS) is 1. The molecule has 3 aromatic heterocycles. The summed E-state index contributed by atoms with van der Waals surface area (Å²) in [4.78, 5) is 11.2. The zero-order chi connectivity index (χ0) is 15.9. The smallest absolute Gasteiger partial charge is 0.543 e. The SMILES string of the molecule is Cc1cc2ccc(OCc3c(F)cnn3C)cn2c1C(=O)[O-].[K+]. The molecule has 0 N–H and O–H groups in total. The van der Waals surface area contributed by atoms with Gasteiger partial charge >= 0.3 is 51.4 Å². The summed E-state index contributed by atoms with van der Waals surface area (Å²) in [5.41, 5.74) is 1.71. The number of pyridine rings is 1. The predicted molar refractivity (Wildman–Crippen MR) is 74.0 cm³/mol. The number of carbonyl (C=O) groups is 1. The van der Waals surface area contributed by atoms with Gasteiger partial charge in [0.15, 0.2) is 5.82 Å². The van der Waals surface area contributed by atoms with Crippen LogP contribution >= 0.6 is 0 Å². The number of aromatic carboxylic acids is 1. The van der Waals surface area contributed by atoms with Crippen molar-refractivity contribution in [2.45, 2.75) is 13.5 Å². The number of hydrogen-bond acceptors (Lipinski definition) is 4. The molecule has 0 unspecified atom stereocenters. The van der Waals surface area contributed by atoms with Gasteiger partial charge in [0, 0.05) is 12.6 Å². The number of aromatic nitrogens is 3. The number of ether oxygens (including phenoxy) is 1. The number of nitrogens with zero attached hydrogens (tertiary/aromatic N) is 3. The third kappa shape index (κ3) is 3.51. The van der Waals surface area contributed by atoms with Crippen molar-refractivity contribution < 1.29 is 70.4 Å². The van der Waals surface area contributed by atoms with Crippen LogP contribution in [0, 0.1) is 12.7 Å². The fraction of sp³-hybridized carbons (Fsp3) is 0.200. The van der Waals surface area contributed by atoms with E-state index >= 15 is 0 Å². The molecule has 0 atom stereocenters. The molecule has 6 nitrogen and oxygen atoms in total. The Morgan fingerprint density at radius 3 is 2.78 bits per heavy atom.